The van der Waals surface area contributed by atoms with Gasteiger partial charge in [0.1, 0.15) is 11.8 Å². The van der Waals surface area contributed by atoms with Gasteiger partial charge in [0.2, 0.25) is 0 Å². The number of nitrogens with one attached hydrogen (secondary N) is 1. The minimum absolute atomic E-state index is 0.0980. The maximum atomic E-state index is 5.85. The van der Waals surface area contributed by atoms with Gasteiger partial charge < -0.3 is 19.5 Å². The normalized spacial score (nSPS) is 17.9. The fourth-order valence-corrected chi connectivity index (χ4v) is 4.73. The third-order valence-electron chi connectivity index (χ3n) is 5.89. The Balaban J connectivity index is 1.68. The standard InChI is InChI=1S/C26H24N4OS/c1-18-9-3-4-13-22(18)29-16-8-14-23(29)25-24(21-12-5-6-15-27-21)28-26(32)30(25)19-10-7-11-20(17-19)31-2/h3-17,24-25H,1-2H3,(H,28,32)/t24-,25+/m1/s1. The predicted octanol–water partition coefficient (Wildman–Crippen LogP) is 5.37. The molecule has 0 saturated carbocycles. The quantitative estimate of drug-likeness (QED) is 0.423. The van der Waals surface area contributed by atoms with Gasteiger partial charge in [-0.2, -0.15) is 0 Å². The van der Waals surface area contributed by atoms with Gasteiger partial charge in [0.25, 0.3) is 0 Å². The van der Waals surface area contributed by atoms with Crippen LogP contribution in [0.2, 0.25) is 0 Å². The molecule has 1 fully saturated rings. The van der Waals surface area contributed by atoms with E-state index in [9.17, 15) is 0 Å². The number of nitrogens with zero attached hydrogens (tertiary/aromatic N) is 3. The number of aromatic nitrogens is 2. The highest BCUT2D eigenvalue weighted by Crippen LogP contribution is 2.43. The van der Waals surface area contributed by atoms with Crippen molar-refractivity contribution >= 4 is 23.0 Å². The van der Waals surface area contributed by atoms with Crippen LogP contribution in [0.3, 0.4) is 0 Å². The maximum absolute atomic E-state index is 5.85. The van der Waals surface area contributed by atoms with Crippen molar-refractivity contribution in [2.45, 2.75) is 19.0 Å². The lowest BCUT2D eigenvalue weighted by Crippen LogP contribution is -2.30. The van der Waals surface area contributed by atoms with Crippen LogP contribution in [0.4, 0.5) is 5.69 Å². The Morgan fingerprint density at radius 3 is 2.59 bits per heavy atom. The van der Waals surface area contributed by atoms with E-state index < -0.39 is 0 Å². The summed E-state index contributed by atoms with van der Waals surface area (Å²) in [6, 6.07) is 26.5. The molecule has 0 bridgehead atoms. The fraction of sp³-hybridized carbons (Fsp3) is 0.154. The molecule has 2 aromatic carbocycles. The Hall–Kier alpha value is -3.64. The number of hydrogen-bond acceptors (Lipinski definition) is 3. The summed E-state index contributed by atoms with van der Waals surface area (Å²) in [6.07, 6.45) is 3.93. The molecule has 2 aromatic heterocycles. The number of rotatable bonds is 5. The first-order valence-corrected chi connectivity index (χ1v) is 11.0. The molecule has 0 amide bonds. The van der Waals surface area contributed by atoms with E-state index in [1.807, 2.05) is 42.6 Å². The van der Waals surface area contributed by atoms with Gasteiger partial charge in [-0.05, 0) is 67.2 Å². The second-order valence-corrected chi connectivity index (χ2v) is 8.17. The van der Waals surface area contributed by atoms with Gasteiger partial charge >= 0.3 is 0 Å². The van der Waals surface area contributed by atoms with Crippen molar-refractivity contribution in [2.24, 2.45) is 0 Å². The summed E-state index contributed by atoms with van der Waals surface area (Å²) in [5.41, 5.74) is 5.41. The number of methoxy groups -OCH3 is 1. The molecule has 0 aliphatic carbocycles. The predicted molar refractivity (Wildman–Crippen MR) is 131 cm³/mol. The van der Waals surface area contributed by atoms with Crippen LogP contribution >= 0.6 is 12.2 Å². The van der Waals surface area contributed by atoms with Gasteiger partial charge in [0, 0.05) is 35.5 Å². The van der Waals surface area contributed by atoms with Crippen LogP contribution in [0, 0.1) is 6.92 Å². The number of ether oxygens (including phenoxy) is 1. The fourth-order valence-electron chi connectivity index (χ4n) is 4.38. The summed E-state index contributed by atoms with van der Waals surface area (Å²) in [5, 5.41) is 4.19. The zero-order valence-corrected chi connectivity index (χ0v) is 18.8. The summed E-state index contributed by atoms with van der Waals surface area (Å²) in [4.78, 5) is 6.82. The van der Waals surface area contributed by atoms with Crippen LogP contribution in [-0.2, 0) is 0 Å². The number of hydrogen-bond donors (Lipinski definition) is 1. The van der Waals surface area contributed by atoms with Crippen LogP contribution in [0.5, 0.6) is 5.75 Å². The van der Waals surface area contributed by atoms with Crippen LogP contribution in [-0.4, -0.2) is 21.8 Å². The van der Waals surface area contributed by atoms with E-state index in [0.29, 0.717) is 5.11 Å². The second kappa shape index (κ2) is 8.48. The van der Waals surface area contributed by atoms with Crippen molar-refractivity contribution in [3.8, 4) is 11.4 Å². The lowest BCUT2D eigenvalue weighted by Gasteiger charge is -2.29. The van der Waals surface area contributed by atoms with Gasteiger partial charge in [-0.15, -0.1) is 0 Å². The van der Waals surface area contributed by atoms with Crippen molar-refractivity contribution < 1.29 is 4.74 Å². The van der Waals surface area contributed by atoms with E-state index in [1.165, 1.54) is 5.56 Å². The van der Waals surface area contributed by atoms with Gasteiger partial charge in [0.15, 0.2) is 5.11 Å². The number of aryl methyl sites for hydroxylation is 1. The number of para-hydroxylation sites is 1. The largest absolute Gasteiger partial charge is 0.497 e. The molecule has 0 spiro atoms. The van der Waals surface area contributed by atoms with Crippen molar-refractivity contribution in [1.82, 2.24) is 14.9 Å². The molecule has 5 nitrogen and oxygen atoms in total. The molecule has 5 rings (SSSR count). The number of benzene rings is 2. The summed E-state index contributed by atoms with van der Waals surface area (Å²) in [7, 11) is 1.68. The van der Waals surface area contributed by atoms with Crippen LogP contribution in [0.25, 0.3) is 5.69 Å². The molecule has 4 aromatic rings. The van der Waals surface area contributed by atoms with E-state index in [0.717, 1.165) is 28.5 Å². The molecule has 1 aliphatic heterocycles. The molecule has 160 valence electrons. The van der Waals surface area contributed by atoms with Crippen molar-refractivity contribution in [1.29, 1.82) is 0 Å². The number of pyridine rings is 1. The summed E-state index contributed by atoms with van der Waals surface area (Å²) in [5.74, 6) is 0.791. The molecule has 1 aliphatic rings. The highest BCUT2D eigenvalue weighted by atomic mass is 32.1. The minimum Gasteiger partial charge on any atom is -0.497 e. The van der Waals surface area contributed by atoms with Gasteiger partial charge in [-0.25, -0.2) is 0 Å². The Morgan fingerprint density at radius 2 is 1.81 bits per heavy atom. The number of anilines is 1. The zero-order chi connectivity index (χ0) is 22.1. The SMILES string of the molecule is COc1cccc(N2C(=S)N[C@H](c3ccccn3)[C@@H]2c2cccn2-c2ccccc2C)c1. The van der Waals surface area contributed by atoms with Gasteiger partial charge in [0.05, 0.1) is 18.8 Å². The minimum atomic E-state index is -0.104. The van der Waals surface area contributed by atoms with E-state index >= 15 is 0 Å². The van der Waals surface area contributed by atoms with Crippen molar-refractivity contribution in [3.05, 3.63) is 108 Å². The van der Waals surface area contributed by atoms with Gasteiger partial charge in [-0.1, -0.05) is 30.3 Å². The lowest BCUT2D eigenvalue weighted by molar-refractivity contribution is 0.414. The molecule has 0 unspecified atom stereocenters. The monoisotopic (exact) mass is 440 g/mol. The average Bonchev–Trinajstić information content (AvgIpc) is 3.44. The molecule has 2 atom stereocenters. The third-order valence-corrected chi connectivity index (χ3v) is 6.20. The van der Waals surface area contributed by atoms with E-state index in [1.54, 1.807) is 7.11 Å². The number of thiocarbonyl (C=S) groups is 1. The smallest absolute Gasteiger partial charge is 0.174 e. The van der Waals surface area contributed by atoms with Crippen LogP contribution in [0.1, 0.15) is 29.0 Å². The first-order chi connectivity index (χ1) is 15.7. The molecule has 32 heavy (non-hydrogen) atoms. The highest BCUT2D eigenvalue weighted by molar-refractivity contribution is 7.80. The second-order valence-electron chi connectivity index (χ2n) is 7.79. The highest BCUT2D eigenvalue weighted by Gasteiger charge is 2.42. The Labute approximate surface area is 193 Å². The topological polar surface area (TPSA) is 42.3 Å². The first kappa shape index (κ1) is 20.3. The third kappa shape index (κ3) is 3.52. The molecule has 1 saturated heterocycles. The van der Waals surface area contributed by atoms with Crippen LogP contribution in [0.15, 0.2) is 91.3 Å². The maximum Gasteiger partial charge on any atom is 0.174 e. The molecule has 3 heterocycles. The van der Waals surface area contributed by atoms with E-state index in [-0.39, 0.29) is 12.1 Å². The molecule has 1 N–H and O–H groups in total. The van der Waals surface area contributed by atoms with E-state index in [4.69, 9.17) is 17.0 Å². The molecule has 0 radical (unpaired) electrons. The van der Waals surface area contributed by atoms with Gasteiger partial charge in [-0.3, -0.25) is 4.98 Å². The van der Waals surface area contributed by atoms with Crippen LogP contribution < -0.4 is 15.0 Å². The van der Waals surface area contributed by atoms with Crippen molar-refractivity contribution in [2.75, 3.05) is 12.0 Å². The Kier molecular flexibility index (Phi) is 5.37. The first-order valence-electron chi connectivity index (χ1n) is 10.6. The van der Waals surface area contributed by atoms with E-state index in [2.05, 4.69) is 75.4 Å². The lowest BCUT2D eigenvalue weighted by atomic mass is 10.0. The molecular weight excluding hydrogens is 416 g/mol. The summed E-state index contributed by atoms with van der Waals surface area (Å²) in [6.45, 7) is 2.13. The average molecular weight is 441 g/mol. The molecular formula is C26H24N4OS. The molecule has 6 heteroatoms. The summed E-state index contributed by atoms with van der Waals surface area (Å²) < 4.78 is 7.74. The Morgan fingerprint density at radius 1 is 0.969 bits per heavy atom. The summed E-state index contributed by atoms with van der Waals surface area (Å²) >= 11 is 5.85. The Bertz CT molecular complexity index is 1250. The zero-order valence-electron chi connectivity index (χ0n) is 18.0. The van der Waals surface area contributed by atoms with Crippen molar-refractivity contribution in [3.63, 3.8) is 0 Å².